The van der Waals surface area contributed by atoms with Gasteiger partial charge in [0.05, 0.1) is 0 Å². The first-order valence-electron chi connectivity index (χ1n) is 7.53. The predicted octanol–water partition coefficient (Wildman–Crippen LogP) is 3.56. The van der Waals surface area contributed by atoms with Gasteiger partial charge in [-0.25, -0.2) is 0 Å². The van der Waals surface area contributed by atoms with Crippen molar-refractivity contribution >= 4 is 0 Å². The van der Waals surface area contributed by atoms with E-state index in [2.05, 4.69) is 61.8 Å². The van der Waals surface area contributed by atoms with Crippen LogP contribution >= 0.6 is 0 Å². The van der Waals surface area contributed by atoms with E-state index < -0.39 is 0 Å². The maximum atomic E-state index is 2.42. The largest absolute Gasteiger partial charge is 0.300 e. The third kappa shape index (κ3) is 9.43. The highest BCUT2D eigenvalue weighted by Crippen LogP contribution is 1.96. The van der Waals surface area contributed by atoms with Gasteiger partial charge in [-0.15, -0.1) is 0 Å². The van der Waals surface area contributed by atoms with Gasteiger partial charge < -0.3 is 9.80 Å². The summed E-state index contributed by atoms with van der Waals surface area (Å²) in [5.41, 5.74) is 0. The summed E-state index contributed by atoms with van der Waals surface area (Å²) in [6.07, 6.45) is 11.5. The standard InChI is InChI=1S/C16H32N2/c1-5-17(6-2)15-13-11-9-10-12-14-16-18(7-3)8-4/h11-14H,5-10,15-16H2,1-4H3. The van der Waals surface area contributed by atoms with Crippen LogP contribution in [0.15, 0.2) is 24.3 Å². The van der Waals surface area contributed by atoms with E-state index >= 15 is 0 Å². The molecule has 0 heterocycles. The van der Waals surface area contributed by atoms with E-state index in [1.165, 1.54) is 0 Å². The molecule has 2 heteroatoms. The van der Waals surface area contributed by atoms with E-state index in [9.17, 15) is 0 Å². The molecule has 0 saturated heterocycles. The van der Waals surface area contributed by atoms with Crippen LogP contribution < -0.4 is 0 Å². The fourth-order valence-corrected chi connectivity index (χ4v) is 1.84. The number of allylic oxidation sites excluding steroid dienone is 2. The summed E-state index contributed by atoms with van der Waals surface area (Å²) in [5, 5.41) is 0. The lowest BCUT2D eigenvalue weighted by Crippen LogP contribution is -2.22. The molecule has 0 atom stereocenters. The molecule has 106 valence electrons. The molecule has 0 unspecified atom stereocenters. The highest BCUT2D eigenvalue weighted by atomic mass is 15.1. The Morgan fingerprint density at radius 2 is 0.889 bits per heavy atom. The summed E-state index contributed by atoms with van der Waals surface area (Å²) < 4.78 is 0. The number of unbranched alkanes of at least 4 members (excludes halogenated alkanes) is 1. The number of hydrogen-bond donors (Lipinski definition) is 0. The van der Waals surface area contributed by atoms with Crippen LogP contribution in [0.4, 0.5) is 0 Å². The van der Waals surface area contributed by atoms with Crippen molar-refractivity contribution in [2.75, 3.05) is 39.3 Å². The zero-order valence-electron chi connectivity index (χ0n) is 12.9. The monoisotopic (exact) mass is 252 g/mol. The van der Waals surface area contributed by atoms with Gasteiger partial charge in [-0.2, -0.15) is 0 Å². The van der Waals surface area contributed by atoms with Crippen molar-refractivity contribution < 1.29 is 0 Å². The molecule has 2 nitrogen and oxygen atoms in total. The van der Waals surface area contributed by atoms with Crippen molar-refractivity contribution in [2.45, 2.75) is 40.5 Å². The average molecular weight is 252 g/mol. The molecule has 0 bridgehead atoms. The third-order valence-corrected chi connectivity index (χ3v) is 3.35. The molecule has 0 N–H and O–H groups in total. The summed E-state index contributed by atoms with van der Waals surface area (Å²) in [6, 6.07) is 0. The Morgan fingerprint density at radius 3 is 1.17 bits per heavy atom. The van der Waals surface area contributed by atoms with Gasteiger partial charge >= 0.3 is 0 Å². The Labute approximate surface area is 114 Å². The highest BCUT2D eigenvalue weighted by molar-refractivity contribution is 4.90. The quantitative estimate of drug-likeness (QED) is 0.410. The smallest absolute Gasteiger partial charge is 0.0162 e. The van der Waals surface area contributed by atoms with E-state index in [0.717, 1.165) is 52.1 Å². The molecule has 0 aromatic rings. The van der Waals surface area contributed by atoms with Crippen LogP contribution in [0.5, 0.6) is 0 Å². The van der Waals surface area contributed by atoms with Gasteiger partial charge in [-0.05, 0) is 39.0 Å². The summed E-state index contributed by atoms with van der Waals surface area (Å²) in [4.78, 5) is 4.85. The molecular formula is C16H32N2. The van der Waals surface area contributed by atoms with Crippen molar-refractivity contribution in [3.8, 4) is 0 Å². The Kier molecular flexibility index (Phi) is 12.4. The van der Waals surface area contributed by atoms with Gasteiger partial charge in [0.15, 0.2) is 0 Å². The highest BCUT2D eigenvalue weighted by Gasteiger charge is 1.94. The Morgan fingerprint density at radius 1 is 0.556 bits per heavy atom. The molecule has 0 fully saturated rings. The van der Waals surface area contributed by atoms with Crippen LogP contribution in [0.1, 0.15) is 40.5 Å². The Balaban J connectivity index is 3.54. The van der Waals surface area contributed by atoms with Gasteiger partial charge in [0.1, 0.15) is 0 Å². The van der Waals surface area contributed by atoms with Crippen molar-refractivity contribution in [2.24, 2.45) is 0 Å². The first-order chi connectivity index (χ1) is 8.78. The van der Waals surface area contributed by atoms with Crippen LogP contribution in [0.3, 0.4) is 0 Å². The van der Waals surface area contributed by atoms with Crippen molar-refractivity contribution in [3.05, 3.63) is 24.3 Å². The first-order valence-corrected chi connectivity index (χ1v) is 7.53. The zero-order chi connectivity index (χ0) is 13.6. The number of nitrogens with zero attached hydrogens (tertiary/aromatic N) is 2. The Hall–Kier alpha value is -0.600. The van der Waals surface area contributed by atoms with E-state index in [0.29, 0.717) is 0 Å². The van der Waals surface area contributed by atoms with Gasteiger partial charge in [-0.1, -0.05) is 52.0 Å². The second-order valence-corrected chi connectivity index (χ2v) is 4.49. The average Bonchev–Trinajstić information content (AvgIpc) is 2.41. The lowest BCUT2D eigenvalue weighted by molar-refractivity contribution is 0.337. The first kappa shape index (κ1) is 17.4. The molecule has 0 amide bonds. The minimum absolute atomic E-state index is 1.09. The summed E-state index contributed by atoms with van der Waals surface area (Å²) >= 11 is 0. The number of rotatable bonds is 11. The molecule has 0 aromatic heterocycles. The summed E-state index contributed by atoms with van der Waals surface area (Å²) in [6.45, 7) is 15.6. The molecular weight excluding hydrogens is 220 g/mol. The SMILES string of the molecule is CCN(CC)CC=CCCC=CCN(CC)CC. The number of likely N-dealkylation sites (N-methyl/N-ethyl adjacent to an activating group) is 2. The van der Waals surface area contributed by atoms with E-state index in [4.69, 9.17) is 0 Å². The van der Waals surface area contributed by atoms with E-state index in [1.807, 2.05) is 0 Å². The fraction of sp³-hybridized carbons (Fsp3) is 0.750. The topological polar surface area (TPSA) is 6.48 Å². The second kappa shape index (κ2) is 12.8. The molecule has 0 aromatic carbocycles. The van der Waals surface area contributed by atoms with Crippen molar-refractivity contribution in [1.82, 2.24) is 9.80 Å². The minimum Gasteiger partial charge on any atom is -0.300 e. The van der Waals surface area contributed by atoms with Crippen molar-refractivity contribution in [3.63, 3.8) is 0 Å². The summed E-state index contributed by atoms with van der Waals surface area (Å²) in [5.74, 6) is 0. The van der Waals surface area contributed by atoms with Crippen LogP contribution in [0.2, 0.25) is 0 Å². The number of hydrogen-bond acceptors (Lipinski definition) is 2. The molecule has 0 spiro atoms. The Bertz CT molecular complexity index is 189. The maximum Gasteiger partial charge on any atom is 0.0162 e. The van der Waals surface area contributed by atoms with Crippen LogP contribution in [-0.4, -0.2) is 49.1 Å². The van der Waals surface area contributed by atoms with Gasteiger partial charge in [0.2, 0.25) is 0 Å². The molecule has 18 heavy (non-hydrogen) atoms. The third-order valence-electron chi connectivity index (χ3n) is 3.35. The maximum absolute atomic E-state index is 2.42. The predicted molar refractivity (Wildman–Crippen MR) is 83.1 cm³/mol. The molecule has 0 aliphatic carbocycles. The van der Waals surface area contributed by atoms with E-state index in [-0.39, 0.29) is 0 Å². The molecule has 0 rings (SSSR count). The lowest BCUT2D eigenvalue weighted by atomic mass is 10.2. The normalized spacial score (nSPS) is 12.6. The molecule has 0 aliphatic rings. The van der Waals surface area contributed by atoms with Crippen LogP contribution in [0, 0.1) is 0 Å². The molecule has 0 saturated carbocycles. The van der Waals surface area contributed by atoms with Crippen LogP contribution in [-0.2, 0) is 0 Å². The van der Waals surface area contributed by atoms with Gasteiger partial charge in [-0.3, -0.25) is 0 Å². The van der Waals surface area contributed by atoms with E-state index in [1.54, 1.807) is 0 Å². The fourth-order valence-electron chi connectivity index (χ4n) is 1.84. The lowest BCUT2D eigenvalue weighted by Gasteiger charge is -2.15. The zero-order valence-corrected chi connectivity index (χ0v) is 12.9. The second-order valence-electron chi connectivity index (χ2n) is 4.49. The molecule has 0 radical (unpaired) electrons. The van der Waals surface area contributed by atoms with Gasteiger partial charge in [0.25, 0.3) is 0 Å². The van der Waals surface area contributed by atoms with Gasteiger partial charge in [0, 0.05) is 13.1 Å². The van der Waals surface area contributed by atoms with Crippen molar-refractivity contribution in [1.29, 1.82) is 0 Å². The summed E-state index contributed by atoms with van der Waals surface area (Å²) in [7, 11) is 0. The molecule has 0 aliphatic heterocycles. The minimum atomic E-state index is 1.09. The van der Waals surface area contributed by atoms with Crippen LogP contribution in [0.25, 0.3) is 0 Å².